The van der Waals surface area contributed by atoms with Crippen molar-refractivity contribution in [2.45, 2.75) is 45.8 Å². The van der Waals surface area contributed by atoms with Crippen molar-refractivity contribution in [3.63, 3.8) is 0 Å². The van der Waals surface area contributed by atoms with Crippen LogP contribution in [0.3, 0.4) is 0 Å². The minimum atomic E-state index is -0.465. The lowest BCUT2D eigenvalue weighted by atomic mass is 9.99. The van der Waals surface area contributed by atoms with Gasteiger partial charge in [0, 0.05) is 12.6 Å². The number of hydrogen-bond acceptors (Lipinski definition) is 4. The molecule has 0 aromatic heterocycles. The number of hydrogen-bond donors (Lipinski definition) is 2. The van der Waals surface area contributed by atoms with Gasteiger partial charge in [0.15, 0.2) is 0 Å². The second-order valence-electron chi connectivity index (χ2n) is 5.22. The number of amides is 1. The minimum absolute atomic E-state index is 0.251. The van der Waals surface area contributed by atoms with E-state index in [-0.39, 0.29) is 6.04 Å². The number of rotatable bonds is 2. The average molecular weight is 230 g/mol. The average Bonchev–Trinajstić information content (AvgIpc) is 2.14. The Morgan fingerprint density at radius 2 is 2.12 bits per heavy atom. The van der Waals surface area contributed by atoms with Gasteiger partial charge in [-0.05, 0) is 33.1 Å². The third-order valence-electron chi connectivity index (χ3n) is 2.40. The predicted octanol–water partition coefficient (Wildman–Crippen LogP) is 1.44. The van der Waals surface area contributed by atoms with E-state index in [4.69, 9.17) is 9.47 Å². The lowest BCUT2D eigenvalue weighted by molar-refractivity contribution is 0.0254. The summed E-state index contributed by atoms with van der Waals surface area (Å²) in [6, 6.07) is 0.251. The molecule has 94 valence electrons. The van der Waals surface area contributed by atoms with E-state index in [0.717, 1.165) is 19.6 Å². The second kappa shape index (κ2) is 5.50. The van der Waals surface area contributed by atoms with Crippen molar-refractivity contribution in [2.24, 2.45) is 5.92 Å². The van der Waals surface area contributed by atoms with E-state index in [2.05, 4.69) is 17.8 Å². The molecule has 2 atom stereocenters. The van der Waals surface area contributed by atoms with Crippen LogP contribution in [-0.4, -0.2) is 30.9 Å². The molecule has 1 rings (SSSR count). The first-order valence-electron chi connectivity index (χ1n) is 5.71. The Morgan fingerprint density at radius 1 is 1.44 bits per heavy atom. The van der Waals surface area contributed by atoms with Crippen LogP contribution in [0.15, 0.2) is 0 Å². The Hall–Kier alpha value is -0.810. The normalized spacial score (nSPS) is 26.2. The van der Waals surface area contributed by atoms with Gasteiger partial charge in [-0.15, -0.1) is 0 Å². The van der Waals surface area contributed by atoms with Crippen molar-refractivity contribution < 1.29 is 14.3 Å². The van der Waals surface area contributed by atoms with E-state index < -0.39 is 11.7 Å². The molecular weight excluding hydrogens is 208 g/mol. The number of carbonyl (C=O) groups is 1. The summed E-state index contributed by atoms with van der Waals surface area (Å²) in [5.41, 5.74) is 5.10. The molecule has 0 bridgehead atoms. The van der Waals surface area contributed by atoms with Crippen molar-refractivity contribution in [3.8, 4) is 0 Å². The maximum absolute atomic E-state index is 11.4. The van der Waals surface area contributed by atoms with Crippen LogP contribution in [0.4, 0.5) is 4.79 Å². The largest absolute Gasteiger partial charge is 0.443 e. The molecule has 0 aromatic rings. The SMILES string of the molecule is C[C@H]1COCC[C@@H]1NNC(=O)OC(C)(C)C. The molecule has 1 aliphatic rings. The van der Waals surface area contributed by atoms with Crippen molar-refractivity contribution in [3.05, 3.63) is 0 Å². The van der Waals surface area contributed by atoms with E-state index in [1.807, 2.05) is 20.8 Å². The highest BCUT2D eigenvalue weighted by Gasteiger charge is 2.23. The zero-order valence-electron chi connectivity index (χ0n) is 10.5. The molecule has 0 saturated carbocycles. The third kappa shape index (κ3) is 4.81. The Balaban J connectivity index is 2.25. The van der Waals surface area contributed by atoms with Crippen LogP contribution < -0.4 is 10.9 Å². The molecule has 1 fully saturated rings. The maximum atomic E-state index is 11.4. The van der Waals surface area contributed by atoms with Crippen LogP contribution >= 0.6 is 0 Å². The number of hydrazine groups is 1. The molecule has 1 saturated heterocycles. The minimum Gasteiger partial charge on any atom is -0.443 e. The summed E-state index contributed by atoms with van der Waals surface area (Å²) >= 11 is 0. The summed E-state index contributed by atoms with van der Waals surface area (Å²) in [5.74, 6) is 0.392. The standard InChI is InChI=1S/C11H22N2O3/c1-8-7-15-6-5-9(8)12-13-10(14)16-11(2,3)4/h8-9,12H,5-7H2,1-4H3,(H,13,14)/t8-,9-/m0/s1. The van der Waals surface area contributed by atoms with Gasteiger partial charge in [-0.2, -0.15) is 0 Å². The Labute approximate surface area is 96.8 Å². The highest BCUT2D eigenvalue weighted by atomic mass is 16.6. The summed E-state index contributed by atoms with van der Waals surface area (Å²) in [4.78, 5) is 11.4. The molecule has 0 aromatic carbocycles. The van der Waals surface area contributed by atoms with Gasteiger partial charge in [-0.3, -0.25) is 5.43 Å². The van der Waals surface area contributed by atoms with E-state index in [1.54, 1.807) is 0 Å². The van der Waals surface area contributed by atoms with Gasteiger partial charge in [0.1, 0.15) is 5.60 Å². The zero-order chi connectivity index (χ0) is 12.2. The fraction of sp³-hybridized carbons (Fsp3) is 0.909. The molecule has 5 nitrogen and oxygen atoms in total. The molecule has 16 heavy (non-hydrogen) atoms. The molecule has 1 aliphatic heterocycles. The van der Waals surface area contributed by atoms with Gasteiger partial charge in [-0.1, -0.05) is 6.92 Å². The van der Waals surface area contributed by atoms with Gasteiger partial charge < -0.3 is 9.47 Å². The lowest BCUT2D eigenvalue weighted by Crippen LogP contribution is -2.51. The first kappa shape index (κ1) is 13.3. The van der Waals surface area contributed by atoms with Gasteiger partial charge in [0.25, 0.3) is 0 Å². The smallest absolute Gasteiger partial charge is 0.422 e. The van der Waals surface area contributed by atoms with Crippen molar-refractivity contribution in [1.82, 2.24) is 10.9 Å². The molecule has 1 heterocycles. The van der Waals surface area contributed by atoms with Gasteiger partial charge in [0.2, 0.25) is 0 Å². The van der Waals surface area contributed by atoms with Crippen LogP contribution in [0.2, 0.25) is 0 Å². The highest BCUT2D eigenvalue weighted by molar-refractivity contribution is 5.67. The Bertz CT molecular complexity index is 238. The van der Waals surface area contributed by atoms with Crippen LogP contribution in [-0.2, 0) is 9.47 Å². The van der Waals surface area contributed by atoms with Gasteiger partial charge >= 0.3 is 6.09 Å². The van der Waals surface area contributed by atoms with E-state index in [0.29, 0.717) is 5.92 Å². The molecular formula is C11H22N2O3. The number of ether oxygens (including phenoxy) is 2. The van der Waals surface area contributed by atoms with Crippen LogP contribution in [0.25, 0.3) is 0 Å². The first-order valence-corrected chi connectivity index (χ1v) is 5.71. The zero-order valence-corrected chi connectivity index (χ0v) is 10.5. The van der Waals surface area contributed by atoms with Crippen molar-refractivity contribution in [2.75, 3.05) is 13.2 Å². The monoisotopic (exact) mass is 230 g/mol. The molecule has 0 unspecified atom stereocenters. The van der Waals surface area contributed by atoms with Gasteiger partial charge in [0.05, 0.1) is 6.61 Å². The van der Waals surface area contributed by atoms with Crippen LogP contribution in [0.5, 0.6) is 0 Å². The highest BCUT2D eigenvalue weighted by Crippen LogP contribution is 2.13. The molecule has 0 spiro atoms. The quantitative estimate of drug-likeness (QED) is 0.705. The summed E-state index contributed by atoms with van der Waals surface area (Å²) in [5, 5.41) is 0. The fourth-order valence-corrected chi connectivity index (χ4v) is 1.55. The molecule has 1 amide bonds. The maximum Gasteiger partial charge on any atom is 0.422 e. The fourth-order valence-electron chi connectivity index (χ4n) is 1.55. The summed E-state index contributed by atoms with van der Waals surface area (Å²) in [7, 11) is 0. The van der Waals surface area contributed by atoms with E-state index in [1.165, 1.54) is 0 Å². The van der Waals surface area contributed by atoms with Gasteiger partial charge in [-0.25, -0.2) is 10.2 Å². The van der Waals surface area contributed by atoms with Crippen molar-refractivity contribution in [1.29, 1.82) is 0 Å². The molecule has 2 N–H and O–H groups in total. The topological polar surface area (TPSA) is 59.6 Å². The predicted molar refractivity (Wildman–Crippen MR) is 60.9 cm³/mol. The molecule has 0 radical (unpaired) electrons. The number of nitrogens with one attached hydrogen (secondary N) is 2. The Kier molecular flexibility index (Phi) is 4.56. The Morgan fingerprint density at radius 3 is 2.69 bits per heavy atom. The van der Waals surface area contributed by atoms with E-state index in [9.17, 15) is 4.79 Å². The molecule has 5 heteroatoms. The van der Waals surface area contributed by atoms with Crippen LogP contribution in [0.1, 0.15) is 34.1 Å². The first-order chi connectivity index (χ1) is 7.38. The second-order valence-corrected chi connectivity index (χ2v) is 5.22. The summed E-state index contributed by atoms with van der Waals surface area (Å²) in [6.45, 7) is 9.07. The number of carbonyl (C=O) groups excluding carboxylic acids is 1. The molecule has 0 aliphatic carbocycles. The van der Waals surface area contributed by atoms with Crippen LogP contribution in [0, 0.1) is 5.92 Å². The van der Waals surface area contributed by atoms with E-state index >= 15 is 0 Å². The summed E-state index contributed by atoms with van der Waals surface area (Å²) in [6.07, 6.45) is 0.461. The van der Waals surface area contributed by atoms with Crippen molar-refractivity contribution >= 4 is 6.09 Å². The third-order valence-corrected chi connectivity index (χ3v) is 2.40. The summed E-state index contributed by atoms with van der Waals surface area (Å²) < 4.78 is 10.4. The lowest BCUT2D eigenvalue weighted by Gasteiger charge is -2.30.